The molecule has 3 rings (SSSR count). The smallest absolute Gasteiger partial charge is 0.272 e. The molecule has 1 unspecified atom stereocenters. The fourth-order valence-corrected chi connectivity index (χ4v) is 2.57. The predicted molar refractivity (Wildman–Crippen MR) is 80.2 cm³/mol. The van der Waals surface area contributed by atoms with Crippen molar-refractivity contribution in [2.75, 3.05) is 11.4 Å². The summed E-state index contributed by atoms with van der Waals surface area (Å²) in [5.74, 6) is 0.591. The van der Waals surface area contributed by atoms with Crippen molar-refractivity contribution in [2.24, 2.45) is 0 Å². The number of rotatable bonds is 3. The Bertz CT molecular complexity index is 654. The van der Waals surface area contributed by atoms with E-state index in [4.69, 9.17) is 4.74 Å². The van der Waals surface area contributed by atoms with E-state index in [9.17, 15) is 9.90 Å². The fraction of sp³-hybridized carbons (Fsp3) is 0.235. The first-order chi connectivity index (χ1) is 10.2. The zero-order valence-electron chi connectivity index (χ0n) is 11.8. The molecule has 2 aromatic rings. The number of nitrogens with zero attached hydrogens (tertiary/aromatic N) is 1. The lowest BCUT2D eigenvalue weighted by molar-refractivity contribution is -0.126. The monoisotopic (exact) mass is 283 g/mol. The fourth-order valence-electron chi connectivity index (χ4n) is 2.57. The summed E-state index contributed by atoms with van der Waals surface area (Å²) >= 11 is 0. The summed E-state index contributed by atoms with van der Waals surface area (Å²) in [6.07, 6.45) is -0.612. The molecule has 4 nitrogen and oxygen atoms in total. The van der Waals surface area contributed by atoms with Crippen LogP contribution in [0.5, 0.6) is 5.75 Å². The molecule has 21 heavy (non-hydrogen) atoms. The van der Waals surface area contributed by atoms with Crippen LogP contribution in [0.3, 0.4) is 0 Å². The third-order valence-corrected chi connectivity index (χ3v) is 3.65. The third-order valence-electron chi connectivity index (χ3n) is 3.65. The molecule has 0 bridgehead atoms. The van der Waals surface area contributed by atoms with Gasteiger partial charge in [-0.3, -0.25) is 4.79 Å². The van der Waals surface area contributed by atoms with Gasteiger partial charge in [-0.1, -0.05) is 36.4 Å². The summed E-state index contributed by atoms with van der Waals surface area (Å²) in [4.78, 5) is 14.4. The van der Waals surface area contributed by atoms with Crippen LogP contribution < -0.4 is 9.64 Å². The van der Waals surface area contributed by atoms with E-state index in [0.717, 1.165) is 16.8 Å². The second-order valence-electron chi connectivity index (χ2n) is 4.95. The average Bonchev–Trinajstić information content (AvgIpc) is 2.54. The van der Waals surface area contributed by atoms with Gasteiger partial charge in [-0.15, -0.1) is 0 Å². The van der Waals surface area contributed by atoms with Gasteiger partial charge in [0, 0.05) is 12.1 Å². The predicted octanol–water partition coefficient (Wildman–Crippen LogP) is 2.67. The van der Waals surface area contributed by atoms with Crippen LogP contribution in [-0.2, 0) is 11.4 Å². The second kappa shape index (κ2) is 5.58. The van der Waals surface area contributed by atoms with E-state index in [1.165, 1.54) is 0 Å². The molecule has 108 valence electrons. The molecule has 1 N–H and O–H groups in total. The molecular formula is C17H17NO3. The normalized spacial score (nSPS) is 17.3. The van der Waals surface area contributed by atoms with E-state index in [-0.39, 0.29) is 12.5 Å². The molecule has 0 aromatic heterocycles. The quantitative estimate of drug-likeness (QED) is 0.942. The first-order valence-electron chi connectivity index (χ1n) is 7.01. The largest absolute Gasteiger partial charge is 0.474 e. The van der Waals surface area contributed by atoms with Crippen molar-refractivity contribution in [3.63, 3.8) is 0 Å². The maximum Gasteiger partial charge on any atom is 0.272 e. The number of ether oxygens (including phenoxy) is 1. The van der Waals surface area contributed by atoms with Crippen molar-refractivity contribution in [3.8, 4) is 5.75 Å². The first kappa shape index (κ1) is 13.6. The van der Waals surface area contributed by atoms with Crippen molar-refractivity contribution in [1.82, 2.24) is 0 Å². The van der Waals surface area contributed by atoms with E-state index in [0.29, 0.717) is 12.3 Å². The Balaban J connectivity index is 2.04. The number of anilines is 1. The van der Waals surface area contributed by atoms with Crippen LogP contribution in [0.2, 0.25) is 0 Å². The molecule has 0 spiro atoms. The molecular weight excluding hydrogens is 266 g/mol. The van der Waals surface area contributed by atoms with E-state index in [1.807, 2.05) is 49.4 Å². The Morgan fingerprint density at radius 1 is 1.19 bits per heavy atom. The highest BCUT2D eigenvalue weighted by atomic mass is 16.5. The number of fused-ring (bicyclic) bond motifs is 1. The van der Waals surface area contributed by atoms with Gasteiger partial charge < -0.3 is 14.7 Å². The Hall–Kier alpha value is -2.33. The number of hydrogen-bond acceptors (Lipinski definition) is 3. The van der Waals surface area contributed by atoms with Crippen LogP contribution in [0.25, 0.3) is 0 Å². The second-order valence-corrected chi connectivity index (χ2v) is 4.95. The lowest BCUT2D eigenvalue weighted by Crippen LogP contribution is -2.41. The van der Waals surface area contributed by atoms with Crippen molar-refractivity contribution < 1.29 is 14.6 Å². The molecule has 0 radical (unpaired) electrons. The Kier molecular flexibility index (Phi) is 3.62. The molecule has 4 heteroatoms. The third kappa shape index (κ3) is 2.38. The molecule has 1 heterocycles. The number of benzene rings is 2. The number of carbonyl (C=O) groups excluding carboxylic acids is 1. The zero-order valence-corrected chi connectivity index (χ0v) is 11.8. The number of aliphatic hydroxyl groups is 1. The van der Waals surface area contributed by atoms with Crippen LogP contribution in [0, 0.1) is 0 Å². The maximum absolute atomic E-state index is 12.7. The van der Waals surface area contributed by atoms with E-state index < -0.39 is 6.10 Å². The molecule has 0 fully saturated rings. The van der Waals surface area contributed by atoms with Gasteiger partial charge in [0.25, 0.3) is 5.91 Å². The number of carbonyl (C=O) groups is 1. The van der Waals surface area contributed by atoms with E-state index in [1.54, 1.807) is 11.0 Å². The van der Waals surface area contributed by atoms with Crippen LogP contribution in [0.1, 0.15) is 24.2 Å². The number of amides is 1. The van der Waals surface area contributed by atoms with Gasteiger partial charge in [-0.05, 0) is 24.6 Å². The molecule has 1 aliphatic heterocycles. The molecule has 0 aliphatic carbocycles. The average molecular weight is 283 g/mol. The van der Waals surface area contributed by atoms with Gasteiger partial charge in [0.1, 0.15) is 5.75 Å². The highest BCUT2D eigenvalue weighted by Gasteiger charge is 2.34. The molecule has 2 aromatic carbocycles. The molecule has 0 saturated heterocycles. The number of hydrogen-bond donors (Lipinski definition) is 1. The standard InChI is InChI=1S/C17H17NO3/c1-2-18-14-10-12(11-19)8-9-15(14)21-16(17(18)20)13-6-4-3-5-7-13/h3-10,16,19H,2,11H2,1H3. The summed E-state index contributed by atoms with van der Waals surface area (Å²) in [5, 5.41) is 9.25. The number of aliphatic hydroxyl groups excluding tert-OH is 1. The van der Waals surface area contributed by atoms with Crippen molar-refractivity contribution in [3.05, 3.63) is 59.7 Å². The van der Waals surface area contributed by atoms with Gasteiger partial charge in [0.15, 0.2) is 0 Å². The Morgan fingerprint density at radius 2 is 1.95 bits per heavy atom. The van der Waals surface area contributed by atoms with Crippen molar-refractivity contribution in [1.29, 1.82) is 0 Å². The topological polar surface area (TPSA) is 49.8 Å². The molecule has 0 saturated carbocycles. The minimum absolute atomic E-state index is 0.0544. The van der Waals surface area contributed by atoms with Crippen LogP contribution >= 0.6 is 0 Å². The summed E-state index contributed by atoms with van der Waals surface area (Å²) in [6.45, 7) is 2.44. The minimum atomic E-state index is -0.612. The maximum atomic E-state index is 12.7. The summed E-state index contributed by atoms with van der Waals surface area (Å²) in [7, 11) is 0. The first-order valence-corrected chi connectivity index (χ1v) is 7.01. The molecule has 1 amide bonds. The van der Waals surface area contributed by atoms with E-state index in [2.05, 4.69) is 0 Å². The Morgan fingerprint density at radius 3 is 2.62 bits per heavy atom. The van der Waals surface area contributed by atoms with Crippen LogP contribution in [0.4, 0.5) is 5.69 Å². The SMILES string of the molecule is CCN1C(=O)C(c2ccccc2)Oc2ccc(CO)cc21. The zero-order chi connectivity index (χ0) is 14.8. The van der Waals surface area contributed by atoms with Crippen LogP contribution in [0.15, 0.2) is 48.5 Å². The summed E-state index contributed by atoms with van der Waals surface area (Å²) < 4.78 is 5.89. The lowest BCUT2D eigenvalue weighted by atomic mass is 10.0. The van der Waals surface area contributed by atoms with Crippen molar-refractivity contribution in [2.45, 2.75) is 19.6 Å². The lowest BCUT2D eigenvalue weighted by Gasteiger charge is -2.34. The minimum Gasteiger partial charge on any atom is -0.474 e. The summed E-state index contributed by atoms with van der Waals surface area (Å²) in [6, 6.07) is 14.9. The highest BCUT2D eigenvalue weighted by Crippen LogP contribution is 2.39. The molecule has 1 aliphatic rings. The Labute approximate surface area is 123 Å². The molecule has 1 atom stereocenters. The van der Waals surface area contributed by atoms with Gasteiger partial charge in [0.05, 0.1) is 12.3 Å². The summed E-state index contributed by atoms with van der Waals surface area (Å²) in [5.41, 5.74) is 2.33. The van der Waals surface area contributed by atoms with Gasteiger partial charge in [0.2, 0.25) is 6.10 Å². The van der Waals surface area contributed by atoms with Gasteiger partial charge in [-0.2, -0.15) is 0 Å². The van der Waals surface area contributed by atoms with Gasteiger partial charge in [-0.25, -0.2) is 0 Å². The van der Waals surface area contributed by atoms with Crippen LogP contribution in [-0.4, -0.2) is 17.6 Å². The highest BCUT2D eigenvalue weighted by molar-refractivity contribution is 6.00. The van der Waals surface area contributed by atoms with Gasteiger partial charge >= 0.3 is 0 Å². The number of likely N-dealkylation sites (N-methyl/N-ethyl adjacent to an activating group) is 1. The van der Waals surface area contributed by atoms with Crippen molar-refractivity contribution >= 4 is 11.6 Å². The van der Waals surface area contributed by atoms with E-state index >= 15 is 0 Å².